The molecule has 0 amide bonds. The van der Waals surface area contributed by atoms with Crippen molar-refractivity contribution in [3.05, 3.63) is 28.8 Å². The zero-order valence-corrected chi connectivity index (χ0v) is 10.3. The highest BCUT2D eigenvalue weighted by Gasteiger charge is 2.41. The Kier molecular flexibility index (Phi) is 3.26. The molecule has 4 nitrogen and oxygen atoms in total. The second kappa shape index (κ2) is 4.55. The Hall–Kier alpha value is -1.26. The van der Waals surface area contributed by atoms with Gasteiger partial charge in [-0.3, -0.25) is 5.41 Å². The van der Waals surface area contributed by atoms with Crippen molar-refractivity contribution < 1.29 is 14.6 Å². The van der Waals surface area contributed by atoms with Crippen LogP contribution in [0.2, 0.25) is 5.02 Å². The third kappa shape index (κ3) is 2.10. The smallest absolute Gasteiger partial charge is 0.218 e. The van der Waals surface area contributed by atoms with Crippen LogP contribution in [0.15, 0.2) is 18.2 Å². The van der Waals surface area contributed by atoms with E-state index in [1.165, 1.54) is 0 Å². The molecule has 1 aliphatic rings. The molecule has 1 heterocycles. The molecule has 0 bridgehead atoms. The Labute approximate surface area is 105 Å². The van der Waals surface area contributed by atoms with Crippen LogP contribution in [0.25, 0.3) is 0 Å². The topological polar surface area (TPSA) is 62.5 Å². The summed E-state index contributed by atoms with van der Waals surface area (Å²) in [6.45, 7) is 2.47. The van der Waals surface area contributed by atoms with Crippen molar-refractivity contribution in [2.45, 2.75) is 18.9 Å². The van der Waals surface area contributed by atoms with Crippen molar-refractivity contribution >= 4 is 17.5 Å². The summed E-state index contributed by atoms with van der Waals surface area (Å²) in [7, 11) is 0. The third-order valence-electron chi connectivity index (χ3n) is 2.77. The second-order valence-electron chi connectivity index (χ2n) is 3.86. The molecule has 17 heavy (non-hydrogen) atoms. The summed E-state index contributed by atoms with van der Waals surface area (Å²) < 4.78 is 10.5. The van der Waals surface area contributed by atoms with Crippen LogP contribution in [0, 0.1) is 5.41 Å². The summed E-state index contributed by atoms with van der Waals surface area (Å²) in [5.74, 6) is 0.388. The van der Waals surface area contributed by atoms with Crippen molar-refractivity contribution in [2.24, 2.45) is 0 Å². The van der Waals surface area contributed by atoms with Gasteiger partial charge in [-0.1, -0.05) is 11.6 Å². The number of rotatable bonds is 2. The van der Waals surface area contributed by atoms with Gasteiger partial charge in [-0.25, -0.2) is 0 Å². The van der Waals surface area contributed by atoms with Crippen molar-refractivity contribution in [3.63, 3.8) is 0 Å². The maximum atomic E-state index is 10.6. The first-order chi connectivity index (χ1) is 8.08. The summed E-state index contributed by atoms with van der Waals surface area (Å²) >= 11 is 5.91. The first-order valence-corrected chi connectivity index (χ1v) is 5.82. The monoisotopic (exact) mass is 255 g/mol. The number of aliphatic hydroxyl groups is 1. The Morgan fingerprint density at radius 2 is 2.41 bits per heavy atom. The van der Waals surface area contributed by atoms with Gasteiger partial charge in [0, 0.05) is 17.0 Å². The molecule has 2 rings (SSSR count). The van der Waals surface area contributed by atoms with Crippen LogP contribution in [0.1, 0.15) is 18.9 Å². The summed E-state index contributed by atoms with van der Waals surface area (Å²) in [6, 6.07) is 5.00. The van der Waals surface area contributed by atoms with Crippen molar-refractivity contribution in [1.29, 1.82) is 5.41 Å². The van der Waals surface area contributed by atoms with Gasteiger partial charge in [0.1, 0.15) is 5.75 Å². The molecule has 0 radical (unpaired) electrons. The predicted molar refractivity (Wildman–Crippen MR) is 64.8 cm³/mol. The average Bonchev–Trinajstić information content (AvgIpc) is 2.31. The van der Waals surface area contributed by atoms with Crippen LogP contribution in [-0.4, -0.2) is 24.2 Å². The molecule has 0 fully saturated rings. The molecule has 5 heteroatoms. The molecule has 0 aromatic heterocycles. The zero-order chi connectivity index (χ0) is 12.5. The minimum absolute atomic E-state index is 0.160. The molecular formula is C12H14ClNO3. The van der Waals surface area contributed by atoms with E-state index in [0.29, 0.717) is 36.0 Å². The summed E-state index contributed by atoms with van der Waals surface area (Å²) in [5.41, 5.74) is -0.941. The Morgan fingerprint density at radius 3 is 3.12 bits per heavy atom. The van der Waals surface area contributed by atoms with Gasteiger partial charge in [-0.2, -0.15) is 0 Å². The number of nitrogens with one attached hydrogen (secondary N) is 1. The number of benzene rings is 1. The molecule has 0 spiro atoms. The van der Waals surface area contributed by atoms with E-state index >= 15 is 0 Å². The van der Waals surface area contributed by atoms with E-state index in [0.717, 1.165) is 0 Å². The van der Waals surface area contributed by atoms with Crippen molar-refractivity contribution in [1.82, 2.24) is 0 Å². The fourth-order valence-electron chi connectivity index (χ4n) is 1.89. The normalized spacial score (nSPS) is 22.5. The third-order valence-corrected chi connectivity index (χ3v) is 3.01. The molecule has 1 aromatic carbocycles. The molecule has 0 saturated heterocycles. The Bertz CT molecular complexity index is 449. The maximum Gasteiger partial charge on any atom is 0.218 e. The van der Waals surface area contributed by atoms with E-state index < -0.39 is 5.60 Å². The van der Waals surface area contributed by atoms with E-state index in [-0.39, 0.29) is 5.90 Å². The lowest BCUT2D eigenvalue weighted by molar-refractivity contribution is 0.0353. The molecule has 1 unspecified atom stereocenters. The summed E-state index contributed by atoms with van der Waals surface area (Å²) in [4.78, 5) is 0. The first-order valence-electron chi connectivity index (χ1n) is 5.45. The van der Waals surface area contributed by atoms with E-state index in [9.17, 15) is 5.11 Å². The number of fused-ring (bicyclic) bond motifs is 1. The van der Waals surface area contributed by atoms with Gasteiger partial charge < -0.3 is 14.6 Å². The molecule has 92 valence electrons. The Balaban J connectivity index is 2.45. The first kappa shape index (κ1) is 12.2. The number of hydrogen-bond acceptors (Lipinski definition) is 4. The van der Waals surface area contributed by atoms with Crippen LogP contribution < -0.4 is 4.74 Å². The van der Waals surface area contributed by atoms with Crippen molar-refractivity contribution in [2.75, 3.05) is 13.2 Å². The van der Waals surface area contributed by atoms with Gasteiger partial charge >= 0.3 is 0 Å². The summed E-state index contributed by atoms with van der Waals surface area (Å²) in [5, 5.41) is 18.9. The lowest BCUT2D eigenvalue weighted by atomic mass is 9.88. The van der Waals surface area contributed by atoms with Gasteiger partial charge in [0.2, 0.25) is 5.90 Å². The maximum absolute atomic E-state index is 10.6. The fourth-order valence-corrected chi connectivity index (χ4v) is 2.07. The SMILES string of the molecule is CCOC(=N)C1(O)CCOc2ccc(Cl)cc21. The largest absolute Gasteiger partial charge is 0.493 e. The van der Waals surface area contributed by atoms with E-state index in [1.54, 1.807) is 25.1 Å². The molecule has 0 saturated carbocycles. The Morgan fingerprint density at radius 1 is 1.65 bits per heavy atom. The van der Waals surface area contributed by atoms with Crippen LogP contribution in [0.3, 0.4) is 0 Å². The fraction of sp³-hybridized carbons (Fsp3) is 0.417. The van der Waals surface area contributed by atoms with Gasteiger partial charge in [-0.05, 0) is 25.1 Å². The number of ether oxygens (including phenoxy) is 2. The minimum atomic E-state index is -1.44. The van der Waals surface area contributed by atoms with Gasteiger partial charge in [0.05, 0.1) is 13.2 Å². The van der Waals surface area contributed by atoms with Crippen LogP contribution >= 0.6 is 11.6 Å². The van der Waals surface area contributed by atoms with Crippen LogP contribution in [0.5, 0.6) is 5.75 Å². The van der Waals surface area contributed by atoms with Crippen LogP contribution in [0.4, 0.5) is 0 Å². The lowest BCUT2D eigenvalue weighted by Gasteiger charge is -2.33. The van der Waals surface area contributed by atoms with E-state index in [1.807, 2.05) is 0 Å². The highest BCUT2D eigenvalue weighted by molar-refractivity contribution is 6.30. The average molecular weight is 256 g/mol. The number of hydrogen-bond donors (Lipinski definition) is 2. The minimum Gasteiger partial charge on any atom is -0.493 e. The van der Waals surface area contributed by atoms with Gasteiger partial charge in [-0.15, -0.1) is 0 Å². The van der Waals surface area contributed by atoms with Gasteiger partial charge in [0.15, 0.2) is 5.60 Å². The zero-order valence-electron chi connectivity index (χ0n) is 9.50. The molecular weight excluding hydrogens is 242 g/mol. The molecule has 1 atom stereocenters. The van der Waals surface area contributed by atoms with Crippen molar-refractivity contribution in [3.8, 4) is 5.75 Å². The highest BCUT2D eigenvalue weighted by atomic mass is 35.5. The molecule has 0 aliphatic carbocycles. The van der Waals surface area contributed by atoms with Gasteiger partial charge in [0.25, 0.3) is 0 Å². The molecule has 2 N–H and O–H groups in total. The standard InChI is InChI=1S/C12H14ClNO3/c1-2-16-11(14)12(15)5-6-17-10-4-3-8(13)7-9(10)12/h3-4,7,14-15H,2,5-6H2,1H3. The second-order valence-corrected chi connectivity index (χ2v) is 4.30. The number of halogens is 1. The molecule has 1 aromatic rings. The lowest BCUT2D eigenvalue weighted by Crippen LogP contribution is -2.41. The summed E-state index contributed by atoms with van der Waals surface area (Å²) in [6.07, 6.45) is 0.291. The van der Waals surface area contributed by atoms with E-state index in [4.69, 9.17) is 26.5 Å². The highest BCUT2D eigenvalue weighted by Crippen LogP contribution is 2.39. The predicted octanol–water partition coefficient (Wildman–Crippen LogP) is 2.32. The van der Waals surface area contributed by atoms with Crippen LogP contribution in [-0.2, 0) is 10.3 Å². The molecule has 1 aliphatic heterocycles. The van der Waals surface area contributed by atoms with E-state index in [2.05, 4.69) is 0 Å². The quantitative estimate of drug-likeness (QED) is 0.630.